The highest BCUT2D eigenvalue weighted by atomic mass is 16.6. The molecule has 0 spiro atoms. The van der Waals surface area contributed by atoms with E-state index in [9.17, 15) is 9.59 Å². The number of esters is 1. The average molecular weight is 313 g/mol. The maximum atomic E-state index is 11.9. The zero-order valence-electron chi connectivity index (χ0n) is 12.9. The molecule has 1 N–H and O–H groups in total. The maximum Gasteiger partial charge on any atom is 0.412 e. The van der Waals surface area contributed by atoms with Crippen molar-refractivity contribution in [3.63, 3.8) is 0 Å². The summed E-state index contributed by atoms with van der Waals surface area (Å²) in [5.74, 6) is 0.771. The molecule has 0 saturated heterocycles. The van der Waals surface area contributed by atoms with E-state index in [1.807, 2.05) is 30.3 Å². The summed E-state index contributed by atoms with van der Waals surface area (Å²) in [5, 5.41) is 2.50. The van der Waals surface area contributed by atoms with Gasteiger partial charge >= 0.3 is 12.1 Å². The van der Waals surface area contributed by atoms with Crippen LogP contribution in [-0.4, -0.2) is 19.2 Å². The molecule has 1 aromatic rings. The Morgan fingerprint density at radius 1 is 1.30 bits per heavy atom. The SMILES string of the molecule is COC(=O)/C(=C/[C@@H]1[C@H]2C=CC[C@H]21)NC(=O)OCc1ccccc1. The molecule has 3 rings (SSSR count). The lowest BCUT2D eigenvalue weighted by molar-refractivity contribution is -0.136. The van der Waals surface area contributed by atoms with Crippen LogP contribution in [0.15, 0.2) is 54.3 Å². The van der Waals surface area contributed by atoms with E-state index in [1.165, 1.54) is 7.11 Å². The first-order valence-electron chi connectivity index (χ1n) is 7.63. The summed E-state index contributed by atoms with van der Waals surface area (Å²) in [5.41, 5.74) is 1.03. The summed E-state index contributed by atoms with van der Waals surface area (Å²) >= 11 is 0. The molecule has 0 aliphatic heterocycles. The zero-order chi connectivity index (χ0) is 16.2. The molecule has 0 bridgehead atoms. The second-order valence-electron chi connectivity index (χ2n) is 5.74. The lowest BCUT2D eigenvalue weighted by Crippen LogP contribution is -2.29. The van der Waals surface area contributed by atoms with E-state index in [2.05, 4.69) is 17.5 Å². The highest BCUT2D eigenvalue weighted by molar-refractivity contribution is 5.92. The first-order valence-corrected chi connectivity index (χ1v) is 7.63. The summed E-state index contributed by atoms with van der Waals surface area (Å²) < 4.78 is 9.87. The topological polar surface area (TPSA) is 64.6 Å². The number of ether oxygens (including phenoxy) is 2. The Labute approximate surface area is 135 Å². The largest absolute Gasteiger partial charge is 0.464 e. The summed E-state index contributed by atoms with van der Waals surface area (Å²) in [4.78, 5) is 23.7. The summed E-state index contributed by atoms with van der Waals surface area (Å²) in [6, 6.07) is 9.36. The van der Waals surface area contributed by atoms with Crippen molar-refractivity contribution in [2.24, 2.45) is 17.8 Å². The van der Waals surface area contributed by atoms with Gasteiger partial charge in [-0.3, -0.25) is 5.32 Å². The first-order chi connectivity index (χ1) is 11.2. The van der Waals surface area contributed by atoms with Gasteiger partial charge in [-0.2, -0.15) is 0 Å². The number of hydrogen-bond donors (Lipinski definition) is 1. The molecule has 0 heterocycles. The fourth-order valence-electron chi connectivity index (χ4n) is 2.97. The highest BCUT2D eigenvalue weighted by Crippen LogP contribution is 2.54. The molecular formula is C18H19NO4. The van der Waals surface area contributed by atoms with Crippen molar-refractivity contribution < 1.29 is 19.1 Å². The van der Waals surface area contributed by atoms with E-state index in [1.54, 1.807) is 6.08 Å². The molecule has 1 fully saturated rings. The van der Waals surface area contributed by atoms with Crippen LogP contribution in [0.5, 0.6) is 0 Å². The molecule has 3 atom stereocenters. The first kappa shape index (κ1) is 15.3. The van der Waals surface area contributed by atoms with Crippen molar-refractivity contribution in [2.75, 3.05) is 7.11 Å². The Morgan fingerprint density at radius 2 is 2.09 bits per heavy atom. The number of hydrogen-bond acceptors (Lipinski definition) is 4. The number of benzene rings is 1. The van der Waals surface area contributed by atoms with Crippen LogP contribution in [0.4, 0.5) is 4.79 Å². The van der Waals surface area contributed by atoms with Crippen LogP contribution in [0.25, 0.3) is 0 Å². The number of carbonyl (C=O) groups excluding carboxylic acids is 2. The fraction of sp³-hybridized carbons (Fsp3) is 0.333. The van der Waals surface area contributed by atoms with Gasteiger partial charge in [0.25, 0.3) is 0 Å². The van der Waals surface area contributed by atoms with Crippen molar-refractivity contribution in [1.82, 2.24) is 5.32 Å². The number of allylic oxidation sites excluding steroid dienone is 3. The van der Waals surface area contributed by atoms with Crippen LogP contribution < -0.4 is 5.32 Å². The van der Waals surface area contributed by atoms with E-state index in [0.29, 0.717) is 17.8 Å². The van der Waals surface area contributed by atoms with Crippen molar-refractivity contribution in [2.45, 2.75) is 13.0 Å². The van der Waals surface area contributed by atoms with Gasteiger partial charge in [-0.05, 0) is 35.8 Å². The van der Waals surface area contributed by atoms with Gasteiger partial charge in [0.1, 0.15) is 12.3 Å². The second kappa shape index (κ2) is 6.69. The minimum Gasteiger partial charge on any atom is -0.464 e. The van der Waals surface area contributed by atoms with Crippen molar-refractivity contribution in [3.8, 4) is 0 Å². The van der Waals surface area contributed by atoms with Gasteiger partial charge in [0.05, 0.1) is 7.11 Å². The van der Waals surface area contributed by atoms with E-state index < -0.39 is 12.1 Å². The quantitative estimate of drug-likeness (QED) is 0.516. The van der Waals surface area contributed by atoms with Gasteiger partial charge < -0.3 is 9.47 Å². The number of rotatable bonds is 5. The average Bonchev–Trinajstić information content (AvgIpc) is 3.00. The van der Waals surface area contributed by atoms with Gasteiger partial charge in [-0.25, -0.2) is 9.59 Å². The van der Waals surface area contributed by atoms with Crippen LogP contribution in [-0.2, 0) is 20.9 Å². The molecule has 2 aliphatic carbocycles. The van der Waals surface area contributed by atoms with Crippen LogP contribution in [0.2, 0.25) is 0 Å². The van der Waals surface area contributed by atoms with Gasteiger partial charge in [-0.15, -0.1) is 0 Å². The molecule has 2 aliphatic rings. The molecule has 23 heavy (non-hydrogen) atoms. The van der Waals surface area contributed by atoms with Crippen molar-refractivity contribution in [3.05, 3.63) is 59.8 Å². The summed E-state index contributed by atoms with van der Waals surface area (Å²) in [6.07, 6.45) is 6.47. The molecule has 1 amide bonds. The van der Waals surface area contributed by atoms with Crippen molar-refractivity contribution >= 4 is 12.1 Å². The monoisotopic (exact) mass is 313 g/mol. The number of amides is 1. The van der Waals surface area contributed by atoms with Crippen LogP contribution in [0.3, 0.4) is 0 Å². The van der Waals surface area contributed by atoms with Crippen LogP contribution in [0, 0.1) is 17.8 Å². The third-order valence-electron chi connectivity index (χ3n) is 4.27. The predicted octanol–water partition coefficient (Wildman–Crippen LogP) is 2.79. The Morgan fingerprint density at radius 3 is 2.74 bits per heavy atom. The normalized spacial score (nSPS) is 24.7. The predicted molar refractivity (Wildman–Crippen MR) is 84.1 cm³/mol. The van der Waals surface area contributed by atoms with E-state index >= 15 is 0 Å². The number of carbonyl (C=O) groups is 2. The molecule has 0 radical (unpaired) electrons. The van der Waals surface area contributed by atoms with E-state index in [-0.39, 0.29) is 12.3 Å². The second-order valence-corrected chi connectivity index (χ2v) is 5.74. The Balaban J connectivity index is 1.57. The molecule has 1 saturated carbocycles. The molecular weight excluding hydrogens is 294 g/mol. The number of methoxy groups -OCH3 is 1. The number of alkyl carbamates (subject to hydrolysis) is 1. The van der Waals surface area contributed by atoms with E-state index in [4.69, 9.17) is 9.47 Å². The Hall–Kier alpha value is -2.56. The van der Waals surface area contributed by atoms with Crippen LogP contribution in [0.1, 0.15) is 12.0 Å². The van der Waals surface area contributed by atoms with Gasteiger partial charge in [0.15, 0.2) is 0 Å². The minimum absolute atomic E-state index is 0.151. The standard InChI is InChI=1S/C18H19NO4/c1-22-17(20)16(10-15-13-8-5-9-14(13)15)19-18(21)23-11-12-6-3-2-4-7-12/h2-8,10,13-15H,9,11H2,1H3,(H,19,21)/b16-10-/t13-,14+,15+/m0/s1. The van der Waals surface area contributed by atoms with Crippen molar-refractivity contribution in [1.29, 1.82) is 0 Å². The molecule has 120 valence electrons. The summed E-state index contributed by atoms with van der Waals surface area (Å²) in [7, 11) is 1.29. The highest BCUT2D eigenvalue weighted by Gasteiger charge is 2.49. The molecule has 5 nitrogen and oxygen atoms in total. The molecule has 5 heteroatoms. The third-order valence-corrected chi connectivity index (χ3v) is 4.27. The summed E-state index contributed by atoms with van der Waals surface area (Å²) in [6.45, 7) is 0.151. The number of fused-ring (bicyclic) bond motifs is 1. The maximum absolute atomic E-state index is 11.9. The number of nitrogens with one attached hydrogen (secondary N) is 1. The minimum atomic E-state index is -0.660. The Bertz CT molecular complexity index is 650. The lowest BCUT2D eigenvalue weighted by Gasteiger charge is -2.09. The third kappa shape index (κ3) is 3.62. The zero-order valence-corrected chi connectivity index (χ0v) is 12.9. The fourth-order valence-corrected chi connectivity index (χ4v) is 2.97. The molecule has 1 aromatic carbocycles. The lowest BCUT2D eigenvalue weighted by atomic mass is 10.2. The molecule has 0 aromatic heterocycles. The molecule has 0 unspecified atom stereocenters. The van der Waals surface area contributed by atoms with E-state index in [0.717, 1.165) is 12.0 Å². The van der Waals surface area contributed by atoms with Crippen LogP contribution >= 0.6 is 0 Å². The Kier molecular flexibility index (Phi) is 4.46. The van der Waals surface area contributed by atoms with Gasteiger partial charge in [0, 0.05) is 0 Å². The van der Waals surface area contributed by atoms with Gasteiger partial charge in [0.2, 0.25) is 0 Å². The smallest absolute Gasteiger partial charge is 0.412 e. The van der Waals surface area contributed by atoms with Gasteiger partial charge in [-0.1, -0.05) is 42.5 Å².